The van der Waals surface area contributed by atoms with Gasteiger partial charge in [-0.3, -0.25) is 4.79 Å². The minimum absolute atomic E-state index is 0.709. The molecule has 0 unspecified atom stereocenters. The molecule has 1 aromatic heterocycles. The zero-order chi connectivity index (χ0) is 10.1. The molecule has 2 nitrogen and oxygen atoms in total. The Morgan fingerprint density at radius 1 is 1.43 bits per heavy atom. The molecule has 0 N–H and O–H groups in total. The quantitative estimate of drug-likeness (QED) is 0.678. The Bertz CT molecular complexity index is 480. The predicted molar refractivity (Wildman–Crippen MR) is 55.7 cm³/mol. The van der Waals surface area contributed by atoms with Gasteiger partial charge in [0.05, 0.1) is 5.56 Å². The van der Waals surface area contributed by atoms with Crippen LogP contribution in [0.3, 0.4) is 0 Å². The predicted octanol–water partition coefficient (Wildman–Crippen LogP) is 3.12. The van der Waals surface area contributed by atoms with Crippen molar-refractivity contribution in [3.63, 3.8) is 0 Å². The van der Waals surface area contributed by atoms with Crippen molar-refractivity contribution in [3.8, 4) is 0 Å². The zero-order valence-electron chi connectivity index (χ0n) is 8.33. The topological polar surface area (TPSA) is 30.2 Å². The van der Waals surface area contributed by atoms with E-state index in [0.29, 0.717) is 5.56 Å². The largest absolute Gasteiger partial charge is 0.460 e. The van der Waals surface area contributed by atoms with Gasteiger partial charge in [-0.2, -0.15) is 0 Å². The van der Waals surface area contributed by atoms with Crippen LogP contribution in [0.15, 0.2) is 22.6 Å². The van der Waals surface area contributed by atoms with Gasteiger partial charge in [-0.05, 0) is 18.6 Å². The maximum atomic E-state index is 11.0. The van der Waals surface area contributed by atoms with Crippen molar-refractivity contribution in [1.29, 1.82) is 0 Å². The average molecular weight is 188 g/mol. The molecule has 72 valence electrons. The fourth-order valence-corrected chi connectivity index (χ4v) is 1.79. The summed E-state index contributed by atoms with van der Waals surface area (Å²) in [6, 6.07) is 5.83. The minimum atomic E-state index is 0.709. The second-order valence-electron chi connectivity index (χ2n) is 3.36. The van der Waals surface area contributed by atoms with Gasteiger partial charge in [0.25, 0.3) is 0 Å². The summed E-state index contributed by atoms with van der Waals surface area (Å²) in [7, 11) is 0. The van der Waals surface area contributed by atoms with Crippen LogP contribution in [0.4, 0.5) is 0 Å². The number of hydrogen-bond donors (Lipinski definition) is 0. The van der Waals surface area contributed by atoms with Gasteiger partial charge in [0.2, 0.25) is 0 Å². The molecule has 2 aromatic rings. The molecule has 0 radical (unpaired) electrons. The van der Waals surface area contributed by atoms with Gasteiger partial charge in [-0.1, -0.05) is 19.1 Å². The summed E-state index contributed by atoms with van der Waals surface area (Å²) >= 11 is 0. The molecule has 1 aromatic carbocycles. The number of fused-ring (bicyclic) bond motifs is 1. The van der Waals surface area contributed by atoms with Crippen molar-refractivity contribution in [2.24, 2.45) is 0 Å². The van der Waals surface area contributed by atoms with Crippen molar-refractivity contribution in [2.45, 2.75) is 20.3 Å². The molecule has 0 atom stereocenters. The molecule has 0 amide bonds. The van der Waals surface area contributed by atoms with E-state index in [1.54, 1.807) is 0 Å². The Hall–Kier alpha value is -1.57. The molecule has 0 aliphatic carbocycles. The summed E-state index contributed by atoms with van der Waals surface area (Å²) in [4.78, 5) is 11.0. The van der Waals surface area contributed by atoms with Gasteiger partial charge >= 0.3 is 0 Å². The van der Waals surface area contributed by atoms with E-state index in [2.05, 4.69) is 0 Å². The Balaban J connectivity index is 2.88. The van der Waals surface area contributed by atoms with E-state index in [4.69, 9.17) is 4.42 Å². The zero-order valence-corrected chi connectivity index (χ0v) is 8.33. The fraction of sp³-hybridized carbons (Fsp3) is 0.250. The normalized spacial score (nSPS) is 10.7. The first kappa shape index (κ1) is 9.00. The number of benzene rings is 1. The molecule has 0 saturated heterocycles. The molecule has 0 saturated carbocycles. The monoisotopic (exact) mass is 188 g/mol. The van der Waals surface area contributed by atoms with Crippen LogP contribution in [0.25, 0.3) is 11.0 Å². The van der Waals surface area contributed by atoms with Crippen LogP contribution >= 0.6 is 0 Å². The van der Waals surface area contributed by atoms with Crippen molar-refractivity contribution >= 4 is 17.3 Å². The molecular formula is C12H12O2. The van der Waals surface area contributed by atoms with Gasteiger partial charge in [0.1, 0.15) is 11.3 Å². The lowest BCUT2D eigenvalue weighted by molar-refractivity contribution is 0.112. The number of aldehydes is 1. The van der Waals surface area contributed by atoms with Gasteiger partial charge in [-0.25, -0.2) is 0 Å². The number of aryl methyl sites for hydroxylation is 2. The first-order valence-corrected chi connectivity index (χ1v) is 4.74. The van der Waals surface area contributed by atoms with Gasteiger partial charge < -0.3 is 4.42 Å². The van der Waals surface area contributed by atoms with Crippen LogP contribution in [0.2, 0.25) is 0 Å². The smallest absolute Gasteiger partial charge is 0.154 e. The van der Waals surface area contributed by atoms with Crippen molar-refractivity contribution in [3.05, 3.63) is 35.1 Å². The van der Waals surface area contributed by atoms with Crippen LogP contribution in [0.5, 0.6) is 0 Å². The van der Waals surface area contributed by atoms with Crippen molar-refractivity contribution in [1.82, 2.24) is 0 Å². The van der Waals surface area contributed by atoms with E-state index in [0.717, 1.165) is 35.0 Å². The van der Waals surface area contributed by atoms with Gasteiger partial charge in [-0.15, -0.1) is 0 Å². The lowest BCUT2D eigenvalue weighted by atomic mass is 10.1. The van der Waals surface area contributed by atoms with Crippen LogP contribution < -0.4 is 0 Å². The SMILES string of the molecule is CCc1oc2cccc(C)c2c1C=O. The first-order chi connectivity index (χ1) is 6.77. The maximum Gasteiger partial charge on any atom is 0.154 e. The highest BCUT2D eigenvalue weighted by molar-refractivity contribution is 5.99. The van der Waals surface area contributed by atoms with Gasteiger partial charge in [0, 0.05) is 11.8 Å². The van der Waals surface area contributed by atoms with E-state index in [-0.39, 0.29) is 0 Å². The van der Waals surface area contributed by atoms with E-state index < -0.39 is 0 Å². The molecular weight excluding hydrogens is 176 g/mol. The van der Waals surface area contributed by atoms with Crippen LogP contribution in [-0.2, 0) is 6.42 Å². The van der Waals surface area contributed by atoms with Crippen LogP contribution in [0.1, 0.15) is 28.6 Å². The second kappa shape index (κ2) is 3.29. The Kier molecular flexibility index (Phi) is 2.12. The highest BCUT2D eigenvalue weighted by Crippen LogP contribution is 2.27. The van der Waals surface area contributed by atoms with E-state index in [1.165, 1.54) is 0 Å². The molecule has 0 spiro atoms. The van der Waals surface area contributed by atoms with Gasteiger partial charge in [0.15, 0.2) is 6.29 Å². The molecule has 0 bridgehead atoms. The van der Waals surface area contributed by atoms with E-state index in [9.17, 15) is 4.79 Å². The lowest BCUT2D eigenvalue weighted by Gasteiger charge is -1.93. The third-order valence-corrected chi connectivity index (χ3v) is 2.48. The second-order valence-corrected chi connectivity index (χ2v) is 3.36. The highest BCUT2D eigenvalue weighted by atomic mass is 16.3. The maximum absolute atomic E-state index is 11.0. The van der Waals surface area contributed by atoms with Crippen molar-refractivity contribution in [2.75, 3.05) is 0 Å². The molecule has 0 aliphatic heterocycles. The fourth-order valence-electron chi connectivity index (χ4n) is 1.79. The summed E-state index contributed by atoms with van der Waals surface area (Å²) in [6.45, 7) is 3.98. The summed E-state index contributed by atoms with van der Waals surface area (Å²) < 4.78 is 5.59. The third kappa shape index (κ3) is 1.15. The molecule has 2 heteroatoms. The third-order valence-electron chi connectivity index (χ3n) is 2.48. The Morgan fingerprint density at radius 2 is 2.21 bits per heavy atom. The number of furan rings is 1. The van der Waals surface area contributed by atoms with E-state index in [1.807, 2.05) is 32.0 Å². The Morgan fingerprint density at radius 3 is 2.86 bits per heavy atom. The first-order valence-electron chi connectivity index (χ1n) is 4.74. The summed E-state index contributed by atoms with van der Waals surface area (Å²) in [6.07, 6.45) is 1.64. The Labute approximate surface area is 82.5 Å². The average Bonchev–Trinajstić information content (AvgIpc) is 2.56. The van der Waals surface area contributed by atoms with Crippen molar-refractivity contribution < 1.29 is 9.21 Å². The van der Waals surface area contributed by atoms with Crippen LogP contribution in [-0.4, -0.2) is 6.29 Å². The lowest BCUT2D eigenvalue weighted by Crippen LogP contribution is -1.85. The summed E-state index contributed by atoms with van der Waals surface area (Å²) in [5.41, 5.74) is 2.61. The highest BCUT2D eigenvalue weighted by Gasteiger charge is 2.12. The minimum Gasteiger partial charge on any atom is -0.460 e. The van der Waals surface area contributed by atoms with Crippen LogP contribution in [0, 0.1) is 6.92 Å². The number of hydrogen-bond acceptors (Lipinski definition) is 2. The summed E-state index contributed by atoms with van der Waals surface area (Å²) in [5.74, 6) is 0.782. The summed E-state index contributed by atoms with van der Waals surface area (Å²) in [5, 5.41) is 0.958. The molecule has 0 fully saturated rings. The number of rotatable bonds is 2. The number of carbonyl (C=O) groups is 1. The molecule has 0 aliphatic rings. The molecule has 14 heavy (non-hydrogen) atoms. The van der Waals surface area contributed by atoms with E-state index >= 15 is 0 Å². The standard InChI is InChI=1S/C12H12O2/c1-3-10-9(7-13)12-8(2)5-4-6-11(12)14-10/h4-7H,3H2,1-2H3. The molecule has 1 heterocycles. The number of carbonyl (C=O) groups excluding carboxylic acids is 1. The molecule has 2 rings (SSSR count).